The van der Waals surface area contributed by atoms with Crippen LogP contribution in [-0.2, 0) is 20.9 Å². The number of carbonyl (C=O) groups is 3. The molecule has 3 rings (SSSR count). The molecule has 1 saturated heterocycles. The lowest BCUT2D eigenvalue weighted by molar-refractivity contribution is -0.144. The van der Waals surface area contributed by atoms with Crippen molar-refractivity contribution >= 4 is 23.5 Å². The van der Waals surface area contributed by atoms with E-state index in [2.05, 4.69) is 22.3 Å². The molecule has 2 aromatic carbocycles. The van der Waals surface area contributed by atoms with Gasteiger partial charge in [-0.2, -0.15) is 0 Å². The monoisotopic (exact) mass is 395 g/mol. The summed E-state index contributed by atoms with van der Waals surface area (Å²) >= 11 is 0. The smallest absolute Gasteiger partial charge is 0.340 e. The highest BCUT2D eigenvalue weighted by molar-refractivity contribution is 6.39. The fourth-order valence-corrected chi connectivity index (χ4v) is 3.25. The molecule has 0 spiro atoms. The number of nitrogens with zero attached hydrogens (tertiary/aromatic N) is 2. The van der Waals surface area contributed by atoms with Crippen molar-refractivity contribution in [3.63, 3.8) is 0 Å². The molecule has 29 heavy (non-hydrogen) atoms. The van der Waals surface area contributed by atoms with Crippen LogP contribution in [0, 0.1) is 0 Å². The fourth-order valence-electron chi connectivity index (χ4n) is 3.25. The van der Waals surface area contributed by atoms with Gasteiger partial charge in [-0.25, -0.2) is 4.79 Å². The highest BCUT2D eigenvalue weighted by atomic mass is 16.5. The number of para-hydroxylation sites is 1. The molecule has 1 fully saturated rings. The molecule has 1 aliphatic heterocycles. The lowest BCUT2D eigenvalue weighted by atomic mass is 10.1. The quantitative estimate of drug-likeness (QED) is 0.620. The average molecular weight is 395 g/mol. The number of hydrogen-bond acceptors (Lipinski definition) is 5. The van der Waals surface area contributed by atoms with Crippen LogP contribution in [0.1, 0.15) is 22.8 Å². The molecule has 0 atom stereocenters. The zero-order chi connectivity index (χ0) is 20.6. The summed E-state index contributed by atoms with van der Waals surface area (Å²) in [6.07, 6.45) is 0. The van der Waals surface area contributed by atoms with E-state index in [1.54, 1.807) is 36.1 Å². The summed E-state index contributed by atoms with van der Waals surface area (Å²) < 4.78 is 5.00. The normalized spacial score (nSPS) is 14.3. The Morgan fingerprint density at radius 3 is 2.28 bits per heavy atom. The highest BCUT2D eigenvalue weighted by Gasteiger charge is 2.27. The number of nitrogens with one attached hydrogen (secondary N) is 1. The second kappa shape index (κ2) is 9.84. The maximum atomic E-state index is 12.6. The van der Waals surface area contributed by atoms with Gasteiger partial charge in [0.1, 0.15) is 0 Å². The van der Waals surface area contributed by atoms with E-state index in [9.17, 15) is 14.4 Å². The number of ether oxygens (including phenoxy) is 1. The molecule has 0 aromatic heterocycles. The van der Waals surface area contributed by atoms with Crippen LogP contribution in [-0.4, -0.2) is 60.4 Å². The number of carbonyl (C=O) groups excluding carboxylic acids is 3. The first kappa shape index (κ1) is 20.5. The van der Waals surface area contributed by atoms with Crippen molar-refractivity contribution in [2.45, 2.75) is 13.5 Å². The van der Waals surface area contributed by atoms with Crippen molar-refractivity contribution in [3.05, 3.63) is 65.7 Å². The van der Waals surface area contributed by atoms with Crippen LogP contribution in [0.4, 0.5) is 5.69 Å². The topological polar surface area (TPSA) is 78.9 Å². The first-order chi connectivity index (χ1) is 14.1. The number of anilines is 1. The lowest BCUT2D eigenvalue weighted by Crippen LogP contribution is -2.51. The second-order valence-corrected chi connectivity index (χ2v) is 6.77. The zero-order valence-electron chi connectivity index (χ0n) is 16.5. The summed E-state index contributed by atoms with van der Waals surface area (Å²) in [5, 5.41) is 2.55. The Bertz CT molecular complexity index is 861. The predicted molar refractivity (Wildman–Crippen MR) is 109 cm³/mol. The van der Waals surface area contributed by atoms with Gasteiger partial charge in [0.25, 0.3) is 0 Å². The van der Waals surface area contributed by atoms with E-state index in [-0.39, 0.29) is 17.9 Å². The van der Waals surface area contributed by atoms with Crippen LogP contribution in [0.3, 0.4) is 0 Å². The molecular formula is C22H25N3O4. The van der Waals surface area contributed by atoms with Gasteiger partial charge in [-0.05, 0) is 24.6 Å². The van der Waals surface area contributed by atoms with E-state index >= 15 is 0 Å². The van der Waals surface area contributed by atoms with E-state index in [0.29, 0.717) is 26.2 Å². The lowest BCUT2D eigenvalue weighted by Gasteiger charge is -2.34. The van der Waals surface area contributed by atoms with Gasteiger partial charge >= 0.3 is 17.8 Å². The van der Waals surface area contributed by atoms with Crippen molar-refractivity contribution in [1.82, 2.24) is 9.80 Å². The third-order valence-corrected chi connectivity index (χ3v) is 4.77. The molecule has 2 aromatic rings. The number of rotatable bonds is 5. The molecule has 7 heteroatoms. The summed E-state index contributed by atoms with van der Waals surface area (Å²) in [6.45, 7) is 5.13. The summed E-state index contributed by atoms with van der Waals surface area (Å²) in [7, 11) is 0. The molecule has 0 aliphatic carbocycles. The minimum absolute atomic E-state index is 0.225. The van der Waals surface area contributed by atoms with Crippen LogP contribution in [0.2, 0.25) is 0 Å². The van der Waals surface area contributed by atoms with E-state index in [1.807, 2.05) is 18.2 Å². The maximum Gasteiger partial charge on any atom is 0.340 e. The Kier molecular flexibility index (Phi) is 6.97. The minimum atomic E-state index is -0.752. The van der Waals surface area contributed by atoms with Gasteiger partial charge in [-0.3, -0.25) is 14.5 Å². The van der Waals surface area contributed by atoms with Gasteiger partial charge in [0.2, 0.25) is 0 Å². The van der Waals surface area contributed by atoms with E-state index in [0.717, 1.165) is 6.54 Å². The number of hydrogen-bond donors (Lipinski definition) is 1. The first-order valence-electron chi connectivity index (χ1n) is 9.71. The molecule has 0 unspecified atom stereocenters. The maximum absolute atomic E-state index is 12.6. The highest BCUT2D eigenvalue weighted by Crippen LogP contribution is 2.17. The number of piperazine rings is 1. The molecule has 2 amide bonds. The van der Waals surface area contributed by atoms with Crippen molar-refractivity contribution in [2.24, 2.45) is 0 Å². The van der Waals surface area contributed by atoms with Crippen molar-refractivity contribution in [2.75, 3.05) is 38.1 Å². The van der Waals surface area contributed by atoms with Crippen LogP contribution in [0.15, 0.2) is 54.6 Å². The van der Waals surface area contributed by atoms with Crippen LogP contribution >= 0.6 is 0 Å². The molecule has 0 radical (unpaired) electrons. The van der Waals surface area contributed by atoms with Crippen LogP contribution < -0.4 is 5.32 Å². The van der Waals surface area contributed by atoms with Gasteiger partial charge in [-0.1, -0.05) is 42.5 Å². The first-order valence-corrected chi connectivity index (χ1v) is 9.71. The third kappa shape index (κ3) is 5.42. The van der Waals surface area contributed by atoms with Gasteiger partial charge < -0.3 is 15.0 Å². The van der Waals surface area contributed by atoms with Gasteiger partial charge in [-0.15, -0.1) is 0 Å². The van der Waals surface area contributed by atoms with Gasteiger partial charge in [0.05, 0.1) is 17.9 Å². The molecule has 1 aliphatic rings. The largest absolute Gasteiger partial charge is 0.462 e. The van der Waals surface area contributed by atoms with Crippen molar-refractivity contribution in [3.8, 4) is 0 Å². The molecule has 152 valence electrons. The SMILES string of the molecule is CCOC(=O)c1ccccc1NC(=O)C(=O)N1CCN(Cc2ccccc2)CC1. The van der Waals surface area contributed by atoms with Crippen LogP contribution in [0.5, 0.6) is 0 Å². The Labute approximate surface area is 170 Å². The van der Waals surface area contributed by atoms with Gasteiger partial charge in [0, 0.05) is 32.7 Å². The van der Waals surface area contributed by atoms with E-state index in [1.165, 1.54) is 5.56 Å². The molecule has 1 N–H and O–H groups in total. The molecule has 0 bridgehead atoms. The van der Waals surface area contributed by atoms with Crippen molar-refractivity contribution < 1.29 is 19.1 Å². The number of benzene rings is 2. The summed E-state index contributed by atoms with van der Waals surface area (Å²) in [4.78, 5) is 40.8. The summed E-state index contributed by atoms with van der Waals surface area (Å²) in [5.74, 6) is -1.88. The predicted octanol–water partition coefficient (Wildman–Crippen LogP) is 2.15. The Morgan fingerprint density at radius 1 is 0.931 bits per heavy atom. The van der Waals surface area contributed by atoms with E-state index < -0.39 is 17.8 Å². The Morgan fingerprint density at radius 2 is 1.59 bits per heavy atom. The Balaban J connectivity index is 1.55. The summed E-state index contributed by atoms with van der Waals surface area (Å²) in [6, 6.07) is 16.6. The standard InChI is InChI=1S/C22H25N3O4/c1-2-29-22(28)18-10-6-7-11-19(18)23-20(26)21(27)25-14-12-24(13-15-25)16-17-8-4-3-5-9-17/h3-11H,2,12-16H2,1H3,(H,23,26). The minimum Gasteiger partial charge on any atom is -0.462 e. The van der Waals surface area contributed by atoms with E-state index in [4.69, 9.17) is 4.74 Å². The summed E-state index contributed by atoms with van der Waals surface area (Å²) in [5.41, 5.74) is 1.72. The van der Waals surface area contributed by atoms with Gasteiger partial charge in [0.15, 0.2) is 0 Å². The molecule has 7 nitrogen and oxygen atoms in total. The molecule has 1 heterocycles. The number of esters is 1. The van der Waals surface area contributed by atoms with Crippen molar-refractivity contribution in [1.29, 1.82) is 0 Å². The number of amides is 2. The Hall–Kier alpha value is -3.19. The fraction of sp³-hybridized carbons (Fsp3) is 0.318. The second-order valence-electron chi connectivity index (χ2n) is 6.77. The molecular weight excluding hydrogens is 370 g/mol. The zero-order valence-corrected chi connectivity index (χ0v) is 16.5. The van der Waals surface area contributed by atoms with Crippen LogP contribution in [0.25, 0.3) is 0 Å². The molecule has 0 saturated carbocycles. The average Bonchev–Trinajstić information content (AvgIpc) is 2.75. The third-order valence-electron chi connectivity index (χ3n) is 4.77.